The molecule has 0 aromatic rings. The summed E-state index contributed by atoms with van der Waals surface area (Å²) in [7, 11) is 0. The molecule has 106 valence electrons. The van der Waals surface area contributed by atoms with E-state index in [9.17, 15) is 19.2 Å². The Labute approximate surface area is 110 Å². The summed E-state index contributed by atoms with van der Waals surface area (Å²) in [6.07, 6.45) is 0.451. The number of ketones is 1. The molecule has 0 aliphatic carbocycles. The van der Waals surface area contributed by atoms with Crippen molar-refractivity contribution >= 4 is 23.5 Å². The molecule has 3 amide bonds. The highest BCUT2D eigenvalue weighted by atomic mass is 16.2. The fourth-order valence-electron chi connectivity index (χ4n) is 1.85. The maximum Gasteiger partial charge on any atom is 0.284 e. The lowest BCUT2D eigenvalue weighted by Gasteiger charge is -2.17. The van der Waals surface area contributed by atoms with E-state index >= 15 is 0 Å². The fourth-order valence-corrected chi connectivity index (χ4v) is 1.85. The lowest BCUT2D eigenvalue weighted by Crippen LogP contribution is -2.47. The SMILES string of the molecule is NC(=O)C(=O)CCC(NC(=O)[C@H]1CCNC1)C(N)=O. The van der Waals surface area contributed by atoms with Crippen LogP contribution in [0, 0.1) is 5.92 Å². The fraction of sp³-hybridized carbons (Fsp3) is 0.636. The van der Waals surface area contributed by atoms with Crippen molar-refractivity contribution in [1.82, 2.24) is 10.6 Å². The highest BCUT2D eigenvalue weighted by molar-refractivity contribution is 6.35. The number of carbonyl (C=O) groups is 4. The largest absolute Gasteiger partial charge is 0.368 e. The monoisotopic (exact) mass is 270 g/mol. The standard InChI is InChI=1S/C11H18N4O4/c12-9(17)7(1-2-8(16)10(13)18)15-11(19)6-3-4-14-5-6/h6-7,14H,1-5H2,(H2,12,17)(H2,13,18)(H,15,19)/t6-,7?/m0/s1. The quantitative estimate of drug-likeness (QED) is 0.375. The van der Waals surface area contributed by atoms with Crippen LogP contribution in [-0.4, -0.2) is 42.6 Å². The summed E-state index contributed by atoms with van der Waals surface area (Å²) in [4.78, 5) is 44.6. The number of carbonyl (C=O) groups excluding carboxylic acids is 4. The van der Waals surface area contributed by atoms with E-state index < -0.39 is 23.6 Å². The van der Waals surface area contributed by atoms with Crippen LogP contribution in [0.25, 0.3) is 0 Å². The Bertz CT molecular complexity index is 390. The molecule has 8 heteroatoms. The first kappa shape index (κ1) is 15.1. The molecule has 6 N–H and O–H groups in total. The second kappa shape index (κ2) is 6.83. The van der Waals surface area contributed by atoms with Gasteiger partial charge in [0.05, 0.1) is 5.92 Å². The van der Waals surface area contributed by atoms with Gasteiger partial charge in [0.2, 0.25) is 17.6 Å². The lowest BCUT2D eigenvalue weighted by molar-refractivity contribution is -0.136. The van der Waals surface area contributed by atoms with Crippen LogP contribution < -0.4 is 22.1 Å². The second-order valence-corrected chi connectivity index (χ2v) is 4.48. The number of Topliss-reactive ketones (excluding diaryl/α,β-unsaturated/α-hetero) is 1. The van der Waals surface area contributed by atoms with Crippen LogP contribution in [0.15, 0.2) is 0 Å². The van der Waals surface area contributed by atoms with Crippen molar-refractivity contribution in [2.45, 2.75) is 25.3 Å². The van der Waals surface area contributed by atoms with Crippen molar-refractivity contribution < 1.29 is 19.2 Å². The van der Waals surface area contributed by atoms with Crippen molar-refractivity contribution in [3.63, 3.8) is 0 Å². The molecule has 1 rings (SSSR count). The third kappa shape index (κ3) is 4.66. The minimum Gasteiger partial charge on any atom is -0.368 e. The summed E-state index contributed by atoms with van der Waals surface area (Å²) in [5.74, 6) is -3.07. The molecule has 1 aliphatic heterocycles. The first-order chi connectivity index (χ1) is 8.91. The molecule has 19 heavy (non-hydrogen) atoms. The molecule has 1 aliphatic rings. The third-order valence-electron chi connectivity index (χ3n) is 3.03. The van der Waals surface area contributed by atoms with Gasteiger partial charge in [0, 0.05) is 13.0 Å². The molecule has 0 bridgehead atoms. The molecule has 0 aromatic heterocycles. The van der Waals surface area contributed by atoms with Gasteiger partial charge in [0.15, 0.2) is 0 Å². The molecule has 8 nitrogen and oxygen atoms in total. The zero-order chi connectivity index (χ0) is 14.4. The summed E-state index contributed by atoms with van der Waals surface area (Å²) >= 11 is 0. The van der Waals surface area contributed by atoms with Crippen LogP contribution >= 0.6 is 0 Å². The Balaban J connectivity index is 2.48. The predicted octanol–water partition coefficient (Wildman–Crippen LogP) is -2.60. The van der Waals surface area contributed by atoms with Crippen LogP contribution in [-0.2, 0) is 19.2 Å². The highest BCUT2D eigenvalue weighted by Crippen LogP contribution is 2.08. The van der Waals surface area contributed by atoms with Gasteiger partial charge in [-0.15, -0.1) is 0 Å². The zero-order valence-corrected chi connectivity index (χ0v) is 10.5. The van der Waals surface area contributed by atoms with E-state index in [0.717, 1.165) is 6.54 Å². The van der Waals surface area contributed by atoms with Gasteiger partial charge in [-0.2, -0.15) is 0 Å². The van der Waals surface area contributed by atoms with Gasteiger partial charge in [-0.1, -0.05) is 0 Å². The van der Waals surface area contributed by atoms with E-state index in [0.29, 0.717) is 13.0 Å². The van der Waals surface area contributed by atoms with Gasteiger partial charge in [-0.25, -0.2) is 0 Å². The number of amides is 3. The van der Waals surface area contributed by atoms with Gasteiger partial charge >= 0.3 is 0 Å². The van der Waals surface area contributed by atoms with Crippen molar-refractivity contribution in [2.75, 3.05) is 13.1 Å². The van der Waals surface area contributed by atoms with Crippen molar-refractivity contribution in [3.8, 4) is 0 Å². The first-order valence-corrected chi connectivity index (χ1v) is 6.05. The minimum absolute atomic E-state index is 0.0248. The van der Waals surface area contributed by atoms with E-state index in [1.54, 1.807) is 0 Å². The molecular formula is C11H18N4O4. The summed E-state index contributed by atoms with van der Waals surface area (Å²) in [5.41, 5.74) is 9.95. The third-order valence-corrected chi connectivity index (χ3v) is 3.03. The molecule has 1 unspecified atom stereocenters. The summed E-state index contributed by atoms with van der Waals surface area (Å²) in [5, 5.41) is 5.52. The number of nitrogens with one attached hydrogen (secondary N) is 2. The highest BCUT2D eigenvalue weighted by Gasteiger charge is 2.27. The molecule has 0 spiro atoms. The van der Waals surface area contributed by atoms with E-state index in [1.807, 2.05) is 0 Å². The number of rotatable bonds is 7. The Hall–Kier alpha value is -1.96. The molecule has 0 radical (unpaired) electrons. The minimum atomic E-state index is -1.06. The van der Waals surface area contributed by atoms with Crippen molar-refractivity contribution in [2.24, 2.45) is 17.4 Å². The zero-order valence-electron chi connectivity index (χ0n) is 10.5. The van der Waals surface area contributed by atoms with E-state index in [-0.39, 0.29) is 24.7 Å². The smallest absolute Gasteiger partial charge is 0.284 e. The average Bonchev–Trinajstić information content (AvgIpc) is 2.86. The molecule has 1 heterocycles. The van der Waals surface area contributed by atoms with Gasteiger partial charge in [-0.3, -0.25) is 19.2 Å². The van der Waals surface area contributed by atoms with Gasteiger partial charge in [-0.05, 0) is 19.4 Å². The summed E-state index contributed by atoms with van der Waals surface area (Å²) in [6.45, 7) is 1.30. The maximum absolute atomic E-state index is 11.8. The Morgan fingerprint density at radius 1 is 1.26 bits per heavy atom. The Morgan fingerprint density at radius 3 is 2.42 bits per heavy atom. The predicted molar refractivity (Wildman–Crippen MR) is 65.5 cm³/mol. The Kier molecular flexibility index (Phi) is 5.43. The second-order valence-electron chi connectivity index (χ2n) is 4.48. The van der Waals surface area contributed by atoms with Crippen LogP contribution in [0.5, 0.6) is 0 Å². The Morgan fingerprint density at radius 2 is 1.95 bits per heavy atom. The van der Waals surface area contributed by atoms with Crippen molar-refractivity contribution in [1.29, 1.82) is 0 Å². The van der Waals surface area contributed by atoms with Gasteiger partial charge < -0.3 is 22.1 Å². The molecule has 1 fully saturated rings. The molecular weight excluding hydrogens is 252 g/mol. The van der Waals surface area contributed by atoms with Gasteiger partial charge in [0.25, 0.3) is 5.91 Å². The number of hydrogen-bond donors (Lipinski definition) is 4. The normalized spacial score (nSPS) is 19.7. The molecule has 0 saturated carbocycles. The maximum atomic E-state index is 11.8. The van der Waals surface area contributed by atoms with Crippen molar-refractivity contribution in [3.05, 3.63) is 0 Å². The van der Waals surface area contributed by atoms with Crippen LogP contribution in [0.3, 0.4) is 0 Å². The molecule has 2 atom stereocenters. The number of hydrogen-bond acceptors (Lipinski definition) is 5. The summed E-state index contributed by atoms with van der Waals surface area (Å²) in [6, 6.07) is -0.962. The van der Waals surface area contributed by atoms with E-state index in [2.05, 4.69) is 10.6 Å². The number of nitrogens with two attached hydrogens (primary N) is 2. The average molecular weight is 270 g/mol. The van der Waals surface area contributed by atoms with Crippen LogP contribution in [0.1, 0.15) is 19.3 Å². The first-order valence-electron chi connectivity index (χ1n) is 6.05. The summed E-state index contributed by atoms with van der Waals surface area (Å²) < 4.78 is 0. The number of primary amides is 2. The topological polar surface area (TPSA) is 144 Å². The van der Waals surface area contributed by atoms with Gasteiger partial charge in [0.1, 0.15) is 6.04 Å². The lowest BCUT2D eigenvalue weighted by atomic mass is 10.0. The van der Waals surface area contributed by atoms with E-state index in [4.69, 9.17) is 11.5 Å². The van der Waals surface area contributed by atoms with Crippen LogP contribution in [0.2, 0.25) is 0 Å². The van der Waals surface area contributed by atoms with E-state index in [1.165, 1.54) is 0 Å². The van der Waals surface area contributed by atoms with Crippen LogP contribution in [0.4, 0.5) is 0 Å². The molecule has 1 saturated heterocycles. The molecule has 0 aromatic carbocycles.